The van der Waals surface area contributed by atoms with E-state index in [2.05, 4.69) is 42.6 Å². The van der Waals surface area contributed by atoms with E-state index in [1.165, 1.54) is 26.8 Å². The molecule has 0 aliphatic heterocycles. The van der Waals surface area contributed by atoms with E-state index in [1.807, 2.05) is 12.1 Å². The smallest absolute Gasteiger partial charge is 0.119 e. The second kappa shape index (κ2) is 5.65. The maximum absolute atomic E-state index is 5.88. The normalized spacial score (nSPS) is 10.9. The summed E-state index contributed by atoms with van der Waals surface area (Å²) in [6.45, 7) is 3.22. The Morgan fingerprint density at radius 1 is 1.05 bits per heavy atom. The van der Waals surface area contributed by atoms with Gasteiger partial charge in [-0.05, 0) is 36.1 Å². The van der Waals surface area contributed by atoms with Gasteiger partial charge < -0.3 is 10.5 Å². The van der Waals surface area contributed by atoms with Crippen molar-refractivity contribution in [3.05, 3.63) is 64.5 Å². The Hall–Kier alpha value is -1.84. The molecule has 0 saturated heterocycles. The first kappa shape index (κ1) is 13.2. The third kappa shape index (κ3) is 2.55. The van der Waals surface area contributed by atoms with Gasteiger partial charge in [-0.25, -0.2) is 0 Å². The summed E-state index contributed by atoms with van der Waals surface area (Å²) in [6.07, 6.45) is 0. The summed E-state index contributed by atoms with van der Waals surface area (Å²) in [4.78, 5) is 0. The van der Waals surface area contributed by atoms with Gasteiger partial charge in [-0.2, -0.15) is 0 Å². The fourth-order valence-corrected chi connectivity index (χ4v) is 3.30. The Bertz CT molecular complexity index is 715. The molecule has 2 aromatic carbocycles. The minimum Gasteiger partial charge on any atom is -0.489 e. The first-order chi connectivity index (χ1) is 9.78. The summed E-state index contributed by atoms with van der Waals surface area (Å²) < 4.78 is 7.15. The van der Waals surface area contributed by atoms with Crippen LogP contribution in [0.4, 0.5) is 0 Å². The molecule has 0 unspecified atom stereocenters. The Morgan fingerprint density at radius 3 is 2.60 bits per heavy atom. The van der Waals surface area contributed by atoms with Crippen molar-refractivity contribution in [3.8, 4) is 5.75 Å². The van der Waals surface area contributed by atoms with Gasteiger partial charge in [0.15, 0.2) is 0 Å². The standard InChI is InChI=1S/C17H17NOS/c1-12-5-7-15(8-6-12)19-10-14-11-20-16-4-2-3-13(9-18)17(14)16/h2-8,11H,9-10,18H2,1H3. The van der Waals surface area contributed by atoms with Gasteiger partial charge in [0, 0.05) is 22.2 Å². The third-order valence-corrected chi connectivity index (χ3v) is 4.39. The monoisotopic (exact) mass is 283 g/mol. The van der Waals surface area contributed by atoms with Crippen molar-refractivity contribution in [2.75, 3.05) is 0 Å². The molecule has 102 valence electrons. The number of ether oxygens (including phenoxy) is 1. The molecule has 20 heavy (non-hydrogen) atoms. The van der Waals surface area contributed by atoms with E-state index in [-0.39, 0.29) is 0 Å². The number of hydrogen-bond acceptors (Lipinski definition) is 3. The summed E-state index contributed by atoms with van der Waals surface area (Å²) in [6, 6.07) is 14.4. The summed E-state index contributed by atoms with van der Waals surface area (Å²) in [5.74, 6) is 0.903. The highest BCUT2D eigenvalue weighted by molar-refractivity contribution is 7.17. The minimum absolute atomic E-state index is 0.561. The Kier molecular flexibility index (Phi) is 3.72. The second-order valence-electron chi connectivity index (χ2n) is 4.86. The van der Waals surface area contributed by atoms with Crippen molar-refractivity contribution in [2.45, 2.75) is 20.1 Å². The average molecular weight is 283 g/mol. The highest BCUT2D eigenvalue weighted by Crippen LogP contribution is 2.30. The number of nitrogens with two attached hydrogens (primary N) is 1. The van der Waals surface area contributed by atoms with Crippen molar-refractivity contribution in [1.29, 1.82) is 0 Å². The van der Waals surface area contributed by atoms with E-state index in [0.29, 0.717) is 13.2 Å². The van der Waals surface area contributed by atoms with E-state index in [9.17, 15) is 0 Å². The topological polar surface area (TPSA) is 35.2 Å². The van der Waals surface area contributed by atoms with Gasteiger partial charge in [0.2, 0.25) is 0 Å². The van der Waals surface area contributed by atoms with Crippen LogP contribution in [0.15, 0.2) is 47.8 Å². The van der Waals surface area contributed by atoms with Gasteiger partial charge in [0.1, 0.15) is 12.4 Å². The predicted octanol–water partition coefficient (Wildman–Crippen LogP) is 4.25. The molecular formula is C17H17NOS. The maximum Gasteiger partial charge on any atom is 0.119 e. The molecule has 0 aliphatic carbocycles. The fraction of sp³-hybridized carbons (Fsp3) is 0.176. The van der Waals surface area contributed by atoms with Crippen molar-refractivity contribution in [2.24, 2.45) is 5.73 Å². The van der Waals surface area contributed by atoms with Crippen LogP contribution < -0.4 is 10.5 Å². The zero-order chi connectivity index (χ0) is 13.9. The molecule has 0 saturated carbocycles. The fourth-order valence-electron chi connectivity index (χ4n) is 2.30. The largest absolute Gasteiger partial charge is 0.489 e. The number of hydrogen-bond donors (Lipinski definition) is 1. The van der Waals surface area contributed by atoms with Crippen molar-refractivity contribution in [3.63, 3.8) is 0 Å². The lowest BCUT2D eigenvalue weighted by Gasteiger charge is -2.07. The first-order valence-electron chi connectivity index (χ1n) is 6.65. The number of fused-ring (bicyclic) bond motifs is 1. The molecule has 0 fully saturated rings. The van der Waals surface area contributed by atoms with Crippen LogP contribution in [-0.2, 0) is 13.2 Å². The van der Waals surface area contributed by atoms with Crippen LogP contribution in [0.1, 0.15) is 16.7 Å². The molecule has 1 aromatic heterocycles. The van der Waals surface area contributed by atoms with Gasteiger partial charge in [-0.15, -0.1) is 11.3 Å². The van der Waals surface area contributed by atoms with Gasteiger partial charge >= 0.3 is 0 Å². The molecule has 3 heteroatoms. The van der Waals surface area contributed by atoms with Crippen LogP contribution in [-0.4, -0.2) is 0 Å². The summed E-state index contributed by atoms with van der Waals surface area (Å²) >= 11 is 1.75. The molecule has 2 N–H and O–H groups in total. The number of thiophene rings is 1. The van der Waals surface area contributed by atoms with Crippen LogP contribution in [0.5, 0.6) is 5.75 Å². The Morgan fingerprint density at radius 2 is 1.85 bits per heavy atom. The summed E-state index contributed by atoms with van der Waals surface area (Å²) in [7, 11) is 0. The lowest BCUT2D eigenvalue weighted by atomic mass is 10.1. The maximum atomic E-state index is 5.88. The van der Waals surface area contributed by atoms with Crippen molar-refractivity contribution in [1.82, 2.24) is 0 Å². The number of rotatable bonds is 4. The molecule has 1 heterocycles. The zero-order valence-corrected chi connectivity index (χ0v) is 12.2. The van der Waals surface area contributed by atoms with Crippen molar-refractivity contribution < 1.29 is 4.74 Å². The number of aryl methyl sites for hydroxylation is 1. The van der Waals surface area contributed by atoms with E-state index in [0.717, 1.165) is 5.75 Å². The highest BCUT2D eigenvalue weighted by Gasteiger charge is 2.08. The number of benzene rings is 2. The first-order valence-corrected chi connectivity index (χ1v) is 7.53. The average Bonchev–Trinajstić information content (AvgIpc) is 2.90. The predicted molar refractivity (Wildman–Crippen MR) is 85.2 cm³/mol. The second-order valence-corrected chi connectivity index (χ2v) is 5.77. The van der Waals surface area contributed by atoms with Crippen LogP contribution in [0, 0.1) is 6.92 Å². The molecule has 0 atom stereocenters. The lowest BCUT2D eigenvalue weighted by molar-refractivity contribution is 0.308. The van der Waals surface area contributed by atoms with E-state index in [4.69, 9.17) is 10.5 Å². The van der Waals surface area contributed by atoms with Gasteiger partial charge in [0.25, 0.3) is 0 Å². The quantitative estimate of drug-likeness (QED) is 0.777. The molecule has 0 spiro atoms. The van der Waals surface area contributed by atoms with E-state index in [1.54, 1.807) is 11.3 Å². The van der Waals surface area contributed by atoms with Crippen LogP contribution >= 0.6 is 11.3 Å². The van der Waals surface area contributed by atoms with E-state index >= 15 is 0 Å². The molecule has 3 aromatic rings. The van der Waals surface area contributed by atoms with Gasteiger partial charge in [-0.1, -0.05) is 29.8 Å². The van der Waals surface area contributed by atoms with E-state index < -0.39 is 0 Å². The minimum atomic E-state index is 0.561. The molecule has 0 bridgehead atoms. The van der Waals surface area contributed by atoms with Crippen LogP contribution in [0.2, 0.25) is 0 Å². The molecule has 2 nitrogen and oxygen atoms in total. The molecule has 3 rings (SSSR count). The summed E-state index contributed by atoms with van der Waals surface area (Å²) in [5.41, 5.74) is 9.47. The molecule has 0 radical (unpaired) electrons. The Balaban J connectivity index is 1.86. The summed E-state index contributed by atoms with van der Waals surface area (Å²) in [5, 5.41) is 3.42. The lowest BCUT2D eigenvalue weighted by Crippen LogP contribution is -1.99. The van der Waals surface area contributed by atoms with Gasteiger partial charge in [-0.3, -0.25) is 0 Å². The third-order valence-electron chi connectivity index (χ3n) is 3.40. The van der Waals surface area contributed by atoms with Crippen LogP contribution in [0.25, 0.3) is 10.1 Å². The highest BCUT2D eigenvalue weighted by atomic mass is 32.1. The Labute approximate surface area is 122 Å². The van der Waals surface area contributed by atoms with Gasteiger partial charge in [0.05, 0.1) is 0 Å². The van der Waals surface area contributed by atoms with Crippen molar-refractivity contribution >= 4 is 21.4 Å². The zero-order valence-electron chi connectivity index (χ0n) is 11.4. The van der Waals surface area contributed by atoms with Crippen LogP contribution in [0.3, 0.4) is 0 Å². The molecule has 0 amide bonds. The molecule has 0 aliphatic rings. The SMILES string of the molecule is Cc1ccc(OCc2csc3cccc(CN)c23)cc1. The molecular weight excluding hydrogens is 266 g/mol.